The highest BCUT2D eigenvalue weighted by Gasteiger charge is 2.35. The van der Waals surface area contributed by atoms with Gasteiger partial charge in [0.25, 0.3) is 0 Å². The average Bonchev–Trinajstić information content (AvgIpc) is 2.66. The Balaban J connectivity index is 2.13. The van der Waals surface area contributed by atoms with E-state index < -0.39 is 28.1 Å². The van der Waals surface area contributed by atoms with Crippen LogP contribution in [-0.2, 0) is 24.3 Å². The normalized spacial score (nSPS) is 18.1. The Morgan fingerprint density at radius 3 is 2.63 bits per heavy atom. The summed E-state index contributed by atoms with van der Waals surface area (Å²) in [6.07, 6.45) is 0.421. The van der Waals surface area contributed by atoms with Crippen LogP contribution in [0.25, 0.3) is 0 Å². The maximum Gasteiger partial charge on any atom is 0.309 e. The van der Waals surface area contributed by atoms with Crippen molar-refractivity contribution in [2.45, 2.75) is 44.7 Å². The molecule has 8 nitrogen and oxygen atoms in total. The van der Waals surface area contributed by atoms with Gasteiger partial charge in [-0.05, 0) is 43.9 Å². The van der Waals surface area contributed by atoms with Crippen LogP contribution >= 0.6 is 0 Å². The molecule has 0 radical (unpaired) electrons. The van der Waals surface area contributed by atoms with E-state index in [1.165, 1.54) is 4.31 Å². The highest BCUT2D eigenvalue weighted by molar-refractivity contribution is 7.89. The number of sulfonamides is 1. The van der Waals surface area contributed by atoms with Gasteiger partial charge in [-0.3, -0.25) is 9.59 Å². The van der Waals surface area contributed by atoms with Crippen molar-refractivity contribution >= 4 is 21.8 Å². The molecule has 1 saturated heterocycles. The number of nitrogens with zero attached hydrogens (tertiary/aromatic N) is 1. The van der Waals surface area contributed by atoms with Gasteiger partial charge in [-0.25, -0.2) is 8.42 Å². The number of ether oxygens (including phenoxy) is 1. The Morgan fingerprint density at radius 1 is 1.22 bits per heavy atom. The predicted octanol–water partition coefficient (Wildman–Crippen LogP) is 0.683. The lowest BCUT2D eigenvalue weighted by molar-refractivity contribution is -0.140. The van der Waals surface area contributed by atoms with Crippen molar-refractivity contribution in [3.05, 3.63) is 29.3 Å². The third-order valence-electron chi connectivity index (χ3n) is 4.26. The molecule has 2 amide bonds. The highest BCUT2D eigenvalue weighted by Crippen LogP contribution is 2.25. The zero-order valence-electron chi connectivity index (χ0n) is 15.9. The van der Waals surface area contributed by atoms with Crippen LogP contribution in [0.3, 0.4) is 0 Å². The van der Waals surface area contributed by atoms with Crippen molar-refractivity contribution in [2.75, 3.05) is 26.2 Å². The molecule has 150 valence electrons. The van der Waals surface area contributed by atoms with Crippen LogP contribution in [0.1, 0.15) is 30.9 Å². The maximum absolute atomic E-state index is 13.1. The number of aryl methyl sites for hydroxylation is 2. The third kappa shape index (κ3) is 5.27. The lowest BCUT2D eigenvalue weighted by atomic mass is 10.2. The molecule has 27 heavy (non-hydrogen) atoms. The number of rotatable bonds is 6. The highest BCUT2D eigenvalue weighted by atomic mass is 32.2. The molecule has 0 unspecified atom stereocenters. The Kier molecular flexibility index (Phi) is 7.34. The number of benzene rings is 1. The molecule has 0 saturated carbocycles. The molecule has 0 spiro atoms. The second-order valence-electron chi connectivity index (χ2n) is 6.53. The van der Waals surface area contributed by atoms with Crippen LogP contribution in [0.2, 0.25) is 0 Å². The number of nitrogens with one attached hydrogen (secondary N) is 2. The van der Waals surface area contributed by atoms with E-state index in [1.54, 1.807) is 19.1 Å². The SMILES string of the molecule is CCCNC(=O)C(=O)NC[C@H]1OCCCN1S(=O)(=O)c1cc(C)ccc1C. The Morgan fingerprint density at radius 2 is 1.93 bits per heavy atom. The molecule has 1 aliphatic rings. The van der Waals surface area contributed by atoms with Crippen LogP contribution in [0.5, 0.6) is 0 Å². The van der Waals surface area contributed by atoms with Crippen molar-refractivity contribution in [1.82, 2.24) is 14.9 Å². The Bertz CT molecular complexity index is 794. The van der Waals surface area contributed by atoms with Crippen molar-refractivity contribution in [1.29, 1.82) is 0 Å². The van der Waals surface area contributed by atoms with Gasteiger partial charge in [0.1, 0.15) is 6.23 Å². The standard InChI is InChI=1S/C18H27N3O5S/c1-4-8-19-17(22)18(23)20-12-16-21(9-5-10-26-16)27(24,25)15-11-13(2)6-7-14(15)3/h6-7,11,16H,4-5,8-10,12H2,1-3H3,(H,19,22)(H,20,23)/t16-/m1/s1. The van der Waals surface area contributed by atoms with Crippen molar-refractivity contribution in [2.24, 2.45) is 0 Å². The molecule has 9 heteroatoms. The summed E-state index contributed by atoms with van der Waals surface area (Å²) in [6, 6.07) is 5.25. The summed E-state index contributed by atoms with van der Waals surface area (Å²) in [7, 11) is -3.79. The number of hydrogen-bond donors (Lipinski definition) is 2. The fourth-order valence-corrected chi connectivity index (χ4v) is 4.67. The molecular formula is C18H27N3O5S. The van der Waals surface area contributed by atoms with Gasteiger partial charge in [0.15, 0.2) is 0 Å². The van der Waals surface area contributed by atoms with Crippen LogP contribution in [-0.4, -0.2) is 57.0 Å². The quantitative estimate of drug-likeness (QED) is 0.687. The molecule has 2 rings (SSSR count). The fraction of sp³-hybridized carbons (Fsp3) is 0.556. The first kappa shape index (κ1) is 21.3. The lowest BCUT2D eigenvalue weighted by Gasteiger charge is -2.35. The third-order valence-corrected chi connectivity index (χ3v) is 6.29. The van der Waals surface area contributed by atoms with Crippen molar-refractivity contribution < 1.29 is 22.7 Å². The molecule has 1 aromatic carbocycles. The van der Waals surface area contributed by atoms with Crippen molar-refractivity contribution in [3.8, 4) is 0 Å². The zero-order chi connectivity index (χ0) is 20.0. The minimum atomic E-state index is -3.79. The van der Waals surface area contributed by atoms with Crippen LogP contribution < -0.4 is 10.6 Å². The van der Waals surface area contributed by atoms with Gasteiger partial charge < -0.3 is 15.4 Å². The van der Waals surface area contributed by atoms with Crippen molar-refractivity contribution in [3.63, 3.8) is 0 Å². The first-order valence-electron chi connectivity index (χ1n) is 9.04. The lowest BCUT2D eigenvalue weighted by Crippen LogP contribution is -2.53. The van der Waals surface area contributed by atoms with E-state index >= 15 is 0 Å². The minimum Gasteiger partial charge on any atom is -0.360 e. The summed E-state index contributed by atoms with van der Waals surface area (Å²) in [4.78, 5) is 23.8. The number of carbonyl (C=O) groups excluding carboxylic acids is 2. The number of carbonyl (C=O) groups is 2. The van der Waals surface area contributed by atoms with Gasteiger partial charge in [0.2, 0.25) is 10.0 Å². The molecule has 1 aliphatic heterocycles. The van der Waals surface area contributed by atoms with E-state index in [4.69, 9.17) is 4.74 Å². The summed E-state index contributed by atoms with van der Waals surface area (Å²) in [6.45, 7) is 6.44. The molecule has 1 fully saturated rings. The number of hydrogen-bond acceptors (Lipinski definition) is 5. The van der Waals surface area contributed by atoms with Gasteiger partial charge in [0, 0.05) is 13.1 Å². The first-order chi connectivity index (χ1) is 12.8. The van der Waals surface area contributed by atoms with Gasteiger partial charge in [-0.2, -0.15) is 4.31 Å². The number of amides is 2. The predicted molar refractivity (Wildman–Crippen MR) is 100 cm³/mol. The summed E-state index contributed by atoms with van der Waals surface area (Å²) in [5.41, 5.74) is 1.49. The smallest absolute Gasteiger partial charge is 0.309 e. The fourth-order valence-electron chi connectivity index (χ4n) is 2.79. The van der Waals surface area contributed by atoms with Crippen LogP contribution in [0.4, 0.5) is 0 Å². The Hall–Kier alpha value is -1.97. The summed E-state index contributed by atoms with van der Waals surface area (Å²) in [5, 5.41) is 4.94. The second kappa shape index (κ2) is 9.29. The molecule has 1 heterocycles. The van der Waals surface area contributed by atoms with Crippen LogP contribution in [0, 0.1) is 13.8 Å². The van der Waals surface area contributed by atoms with E-state index in [1.807, 2.05) is 19.9 Å². The van der Waals surface area contributed by atoms with Gasteiger partial charge in [-0.15, -0.1) is 0 Å². The van der Waals surface area contributed by atoms with E-state index in [-0.39, 0.29) is 18.0 Å². The zero-order valence-corrected chi connectivity index (χ0v) is 16.8. The maximum atomic E-state index is 13.1. The topological polar surface area (TPSA) is 105 Å². The van der Waals surface area contributed by atoms with Gasteiger partial charge in [-0.1, -0.05) is 19.1 Å². The molecular weight excluding hydrogens is 370 g/mol. The van der Waals surface area contributed by atoms with E-state index in [0.717, 1.165) is 5.56 Å². The largest absolute Gasteiger partial charge is 0.360 e. The van der Waals surface area contributed by atoms with Gasteiger partial charge >= 0.3 is 11.8 Å². The van der Waals surface area contributed by atoms with E-state index in [2.05, 4.69) is 10.6 Å². The molecule has 2 N–H and O–H groups in total. The second-order valence-corrected chi connectivity index (χ2v) is 8.39. The summed E-state index contributed by atoms with van der Waals surface area (Å²) >= 11 is 0. The molecule has 1 aromatic rings. The molecule has 0 aliphatic carbocycles. The minimum absolute atomic E-state index is 0.0948. The molecule has 0 aromatic heterocycles. The first-order valence-corrected chi connectivity index (χ1v) is 10.5. The summed E-state index contributed by atoms with van der Waals surface area (Å²) < 4.78 is 33.1. The monoisotopic (exact) mass is 397 g/mol. The van der Waals surface area contributed by atoms with E-state index in [9.17, 15) is 18.0 Å². The average molecular weight is 397 g/mol. The van der Waals surface area contributed by atoms with Crippen LogP contribution in [0.15, 0.2) is 23.1 Å². The molecule has 1 atom stereocenters. The van der Waals surface area contributed by atoms with Gasteiger partial charge in [0.05, 0.1) is 18.0 Å². The Labute approximate surface area is 160 Å². The molecule has 0 bridgehead atoms. The van der Waals surface area contributed by atoms with E-state index in [0.29, 0.717) is 31.6 Å². The summed E-state index contributed by atoms with van der Waals surface area (Å²) in [5.74, 6) is -1.54.